The van der Waals surface area contributed by atoms with Gasteiger partial charge in [-0.1, -0.05) is 0 Å². The van der Waals surface area contributed by atoms with Crippen LogP contribution >= 0.6 is 0 Å². The molecule has 0 saturated carbocycles. The number of halogens is 1. The van der Waals surface area contributed by atoms with Gasteiger partial charge in [0.2, 0.25) is 0 Å². The highest BCUT2D eigenvalue weighted by molar-refractivity contribution is 5.16. The summed E-state index contributed by atoms with van der Waals surface area (Å²) >= 11 is 0. The van der Waals surface area contributed by atoms with Crippen molar-refractivity contribution in [3.8, 4) is 0 Å². The lowest BCUT2D eigenvalue weighted by Gasteiger charge is -2.33. The van der Waals surface area contributed by atoms with Crippen molar-refractivity contribution in [2.24, 2.45) is 0 Å². The summed E-state index contributed by atoms with van der Waals surface area (Å²) in [6.45, 7) is 8.25. The lowest BCUT2D eigenvalue weighted by molar-refractivity contribution is 0.169. The summed E-state index contributed by atoms with van der Waals surface area (Å²) < 4.78 is 13.7. The van der Waals surface area contributed by atoms with E-state index in [1.54, 1.807) is 6.92 Å². The number of hydrogen-bond acceptors (Lipinski definition) is 2. The number of aryl methyl sites for hydroxylation is 1. The summed E-state index contributed by atoms with van der Waals surface area (Å²) in [4.78, 5) is 2.44. The van der Waals surface area contributed by atoms with Crippen LogP contribution in [0, 0.1) is 12.7 Å². The minimum Gasteiger partial charge on any atom is -0.301 e. The van der Waals surface area contributed by atoms with Gasteiger partial charge >= 0.3 is 0 Å². The highest BCUT2D eigenvalue weighted by Gasteiger charge is 2.26. The number of piperidine rings is 1. The molecule has 4 heteroatoms. The van der Waals surface area contributed by atoms with Gasteiger partial charge in [-0.25, -0.2) is 4.39 Å². The number of rotatable bonds is 2. The molecule has 0 aromatic carbocycles. The second-order valence-electron chi connectivity index (χ2n) is 4.95. The highest BCUT2D eigenvalue weighted by atomic mass is 19.1. The Labute approximate surface area is 96.0 Å². The topological polar surface area (TPSA) is 31.9 Å². The van der Waals surface area contributed by atoms with Crippen molar-refractivity contribution in [3.63, 3.8) is 0 Å². The highest BCUT2D eigenvalue weighted by Crippen LogP contribution is 2.29. The smallest absolute Gasteiger partial charge is 0.167 e. The van der Waals surface area contributed by atoms with E-state index in [0.717, 1.165) is 25.9 Å². The number of aromatic amines is 1. The SMILES string of the molecule is Cc1[nH]nc(C2CCN(C(C)C)CC2)c1F. The van der Waals surface area contributed by atoms with Gasteiger partial charge in [0, 0.05) is 12.0 Å². The average Bonchev–Trinajstić information content (AvgIpc) is 2.60. The lowest BCUT2D eigenvalue weighted by Crippen LogP contribution is -2.38. The zero-order valence-electron chi connectivity index (χ0n) is 10.3. The molecule has 0 radical (unpaired) electrons. The molecule has 3 nitrogen and oxygen atoms in total. The Hall–Kier alpha value is -0.900. The van der Waals surface area contributed by atoms with Crippen LogP contribution in [-0.4, -0.2) is 34.2 Å². The molecule has 0 bridgehead atoms. The van der Waals surface area contributed by atoms with Crippen molar-refractivity contribution in [3.05, 3.63) is 17.2 Å². The molecule has 0 aliphatic carbocycles. The Morgan fingerprint density at radius 2 is 2.00 bits per heavy atom. The second-order valence-corrected chi connectivity index (χ2v) is 4.95. The summed E-state index contributed by atoms with van der Waals surface area (Å²) in [6, 6.07) is 0.590. The number of likely N-dealkylation sites (tertiary alicyclic amines) is 1. The Kier molecular flexibility index (Phi) is 3.28. The van der Waals surface area contributed by atoms with E-state index in [4.69, 9.17) is 0 Å². The van der Waals surface area contributed by atoms with E-state index in [9.17, 15) is 4.39 Å². The zero-order chi connectivity index (χ0) is 11.7. The van der Waals surface area contributed by atoms with Crippen LogP contribution in [-0.2, 0) is 0 Å². The maximum Gasteiger partial charge on any atom is 0.167 e. The van der Waals surface area contributed by atoms with Crippen LogP contribution in [0.15, 0.2) is 0 Å². The normalized spacial score (nSPS) is 19.6. The largest absolute Gasteiger partial charge is 0.301 e. The van der Waals surface area contributed by atoms with Gasteiger partial charge in [-0.05, 0) is 46.7 Å². The lowest BCUT2D eigenvalue weighted by atomic mass is 9.92. The Balaban J connectivity index is 2.02. The predicted octanol–water partition coefficient (Wildman–Crippen LogP) is 2.45. The minimum absolute atomic E-state index is 0.136. The molecule has 1 fully saturated rings. The number of nitrogens with one attached hydrogen (secondary N) is 1. The molecule has 16 heavy (non-hydrogen) atoms. The average molecular weight is 225 g/mol. The van der Waals surface area contributed by atoms with Crippen LogP contribution in [0.4, 0.5) is 4.39 Å². The van der Waals surface area contributed by atoms with Crippen molar-refractivity contribution >= 4 is 0 Å². The van der Waals surface area contributed by atoms with Gasteiger partial charge in [-0.3, -0.25) is 5.10 Å². The second kappa shape index (κ2) is 4.53. The summed E-state index contributed by atoms with van der Waals surface area (Å²) in [7, 11) is 0. The third-order valence-electron chi connectivity index (χ3n) is 3.54. The maximum absolute atomic E-state index is 13.7. The molecular weight excluding hydrogens is 205 g/mol. The molecule has 0 spiro atoms. The van der Waals surface area contributed by atoms with Crippen molar-refractivity contribution < 1.29 is 4.39 Å². The molecule has 0 atom stereocenters. The number of hydrogen-bond donors (Lipinski definition) is 1. The van der Waals surface area contributed by atoms with Crippen molar-refractivity contribution in [2.45, 2.75) is 45.6 Å². The monoisotopic (exact) mass is 225 g/mol. The third-order valence-corrected chi connectivity index (χ3v) is 3.54. The quantitative estimate of drug-likeness (QED) is 0.838. The van der Waals surface area contributed by atoms with E-state index in [0.29, 0.717) is 23.3 Å². The van der Waals surface area contributed by atoms with Gasteiger partial charge < -0.3 is 4.90 Å². The molecular formula is C12H20FN3. The zero-order valence-corrected chi connectivity index (χ0v) is 10.3. The summed E-state index contributed by atoms with van der Waals surface area (Å²) in [5.74, 6) is 0.156. The van der Waals surface area contributed by atoms with Crippen LogP contribution in [0.1, 0.15) is 44.0 Å². The van der Waals surface area contributed by atoms with E-state index < -0.39 is 0 Å². The standard InChI is InChI=1S/C12H20FN3/c1-8(2)16-6-4-10(5-7-16)12-11(13)9(3)14-15-12/h8,10H,4-7H2,1-3H3,(H,14,15). The number of aromatic nitrogens is 2. The molecule has 1 N–H and O–H groups in total. The summed E-state index contributed by atoms with van der Waals surface area (Å²) in [6.07, 6.45) is 2.03. The molecule has 2 heterocycles. The maximum atomic E-state index is 13.7. The van der Waals surface area contributed by atoms with E-state index in [2.05, 4.69) is 28.9 Å². The summed E-state index contributed by atoms with van der Waals surface area (Å²) in [5, 5.41) is 6.82. The fourth-order valence-electron chi connectivity index (χ4n) is 2.39. The van der Waals surface area contributed by atoms with Gasteiger partial charge in [0.1, 0.15) is 5.69 Å². The fourth-order valence-corrected chi connectivity index (χ4v) is 2.39. The first-order valence-electron chi connectivity index (χ1n) is 6.04. The molecule has 2 rings (SSSR count). The van der Waals surface area contributed by atoms with Gasteiger partial charge in [0.15, 0.2) is 5.82 Å². The van der Waals surface area contributed by atoms with Gasteiger partial charge in [0.05, 0.1) is 5.69 Å². The fraction of sp³-hybridized carbons (Fsp3) is 0.750. The van der Waals surface area contributed by atoms with E-state index >= 15 is 0 Å². The van der Waals surface area contributed by atoms with Crippen LogP contribution in [0.3, 0.4) is 0 Å². The van der Waals surface area contributed by atoms with Crippen LogP contribution in [0.2, 0.25) is 0 Å². The van der Waals surface area contributed by atoms with Crippen molar-refractivity contribution in [2.75, 3.05) is 13.1 Å². The van der Waals surface area contributed by atoms with E-state index in [1.807, 2.05) is 0 Å². The summed E-state index contributed by atoms with van der Waals surface area (Å²) in [5.41, 5.74) is 1.20. The van der Waals surface area contributed by atoms with E-state index in [1.165, 1.54) is 0 Å². The van der Waals surface area contributed by atoms with E-state index in [-0.39, 0.29) is 5.82 Å². The molecule has 90 valence electrons. The molecule has 1 aliphatic rings. The Morgan fingerprint density at radius 1 is 1.38 bits per heavy atom. The predicted molar refractivity (Wildman–Crippen MR) is 62.0 cm³/mol. The van der Waals surface area contributed by atoms with Crippen LogP contribution in [0.5, 0.6) is 0 Å². The minimum atomic E-state index is -0.136. The molecule has 1 aromatic heterocycles. The number of nitrogens with zero attached hydrogens (tertiary/aromatic N) is 2. The van der Waals surface area contributed by atoms with Gasteiger partial charge in [-0.2, -0.15) is 5.10 Å². The first kappa shape index (κ1) is 11.6. The van der Waals surface area contributed by atoms with Crippen molar-refractivity contribution in [1.82, 2.24) is 15.1 Å². The van der Waals surface area contributed by atoms with Crippen LogP contribution in [0.25, 0.3) is 0 Å². The molecule has 1 aliphatic heterocycles. The Bertz CT molecular complexity index is 351. The Morgan fingerprint density at radius 3 is 2.44 bits per heavy atom. The van der Waals surface area contributed by atoms with Gasteiger partial charge in [-0.15, -0.1) is 0 Å². The molecule has 1 saturated heterocycles. The molecule has 1 aromatic rings. The number of H-pyrrole nitrogens is 1. The van der Waals surface area contributed by atoms with Crippen LogP contribution < -0.4 is 0 Å². The van der Waals surface area contributed by atoms with Crippen molar-refractivity contribution in [1.29, 1.82) is 0 Å². The first-order chi connectivity index (χ1) is 7.59. The molecule has 0 amide bonds. The first-order valence-corrected chi connectivity index (χ1v) is 6.04. The third kappa shape index (κ3) is 2.12. The molecule has 0 unspecified atom stereocenters. The van der Waals surface area contributed by atoms with Gasteiger partial charge in [0.25, 0.3) is 0 Å².